The molecule has 0 fully saturated rings. The molecule has 2 N–H and O–H groups in total. The maximum atomic E-state index is 4.19. The summed E-state index contributed by atoms with van der Waals surface area (Å²) in [6.07, 6.45) is 3.74. The van der Waals surface area contributed by atoms with Crippen LogP contribution in [0.25, 0.3) is 0 Å². The molecule has 2 aromatic rings. The summed E-state index contributed by atoms with van der Waals surface area (Å²) in [6, 6.07) is 12.7. The first-order chi connectivity index (χ1) is 7.95. The van der Waals surface area contributed by atoms with E-state index in [0.29, 0.717) is 0 Å². The summed E-state index contributed by atoms with van der Waals surface area (Å²) in [7, 11) is 0. The molecule has 1 unspecified atom stereocenters. The van der Waals surface area contributed by atoms with E-state index in [9.17, 15) is 0 Å². The van der Waals surface area contributed by atoms with E-state index in [2.05, 4.69) is 39.9 Å². The van der Waals surface area contributed by atoms with Gasteiger partial charge in [0.2, 0.25) is 0 Å². The summed E-state index contributed by atoms with van der Waals surface area (Å²) >= 11 is 0. The maximum Gasteiger partial charge on any atom is 0.0660 e. The predicted molar refractivity (Wildman–Crippen MR) is 64.1 cm³/mol. The van der Waals surface area contributed by atoms with Crippen LogP contribution in [0.1, 0.15) is 17.2 Å². The first-order valence-corrected chi connectivity index (χ1v) is 5.41. The van der Waals surface area contributed by atoms with Crippen molar-refractivity contribution < 1.29 is 0 Å². The van der Waals surface area contributed by atoms with Gasteiger partial charge >= 0.3 is 0 Å². The van der Waals surface area contributed by atoms with Gasteiger partial charge in [0.05, 0.1) is 12.7 Å². The SMILES string of the molecule is c1ccc(C2NCNc3ccncc32)cc1. The van der Waals surface area contributed by atoms with Crippen LogP contribution in [0.15, 0.2) is 48.8 Å². The van der Waals surface area contributed by atoms with Crippen molar-refractivity contribution in [2.75, 3.05) is 12.0 Å². The molecule has 1 aromatic heterocycles. The average Bonchev–Trinajstić information content (AvgIpc) is 2.39. The fraction of sp³-hybridized carbons (Fsp3) is 0.154. The van der Waals surface area contributed by atoms with Gasteiger partial charge in [0.1, 0.15) is 0 Å². The highest BCUT2D eigenvalue weighted by molar-refractivity contribution is 5.55. The third-order valence-electron chi connectivity index (χ3n) is 2.88. The Hall–Kier alpha value is -1.87. The van der Waals surface area contributed by atoms with E-state index in [1.807, 2.05) is 24.5 Å². The summed E-state index contributed by atoms with van der Waals surface area (Å²) in [6.45, 7) is 0.788. The molecule has 0 amide bonds. The zero-order valence-electron chi connectivity index (χ0n) is 8.85. The third kappa shape index (κ3) is 1.55. The molecule has 0 saturated heterocycles. The Kier molecular flexibility index (Phi) is 2.31. The summed E-state index contributed by atoms with van der Waals surface area (Å²) < 4.78 is 0. The summed E-state index contributed by atoms with van der Waals surface area (Å²) in [5.74, 6) is 0. The van der Waals surface area contributed by atoms with Crippen molar-refractivity contribution in [2.24, 2.45) is 0 Å². The summed E-state index contributed by atoms with van der Waals surface area (Å²) in [5.41, 5.74) is 3.65. The van der Waals surface area contributed by atoms with Crippen LogP contribution in [0.2, 0.25) is 0 Å². The second kappa shape index (κ2) is 3.94. The predicted octanol–water partition coefficient (Wildman–Crippen LogP) is 2.14. The van der Waals surface area contributed by atoms with Crippen LogP contribution in [-0.2, 0) is 0 Å². The zero-order valence-corrected chi connectivity index (χ0v) is 8.85. The van der Waals surface area contributed by atoms with Crippen LogP contribution >= 0.6 is 0 Å². The molecule has 3 nitrogen and oxygen atoms in total. The fourth-order valence-corrected chi connectivity index (χ4v) is 2.10. The monoisotopic (exact) mass is 211 g/mol. The third-order valence-corrected chi connectivity index (χ3v) is 2.88. The molecule has 2 heterocycles. The molecule has 1 aliphatic rings. The van der Waals surface area contributed by atoms with Gasteiger partial charge in [-0.1, -0.05) is 30.3 Å². The number of benzene rings is 1. The highest BCUT2D eigenvalue weighted by atomic mass is 15.1. The lowest BCUT2D eigenvalue weighted by molar-refractivity contribution is 0.613. The molecule has 3 heteroatoms. The van der Waals surface area contributed by atoms with Crippen molar-refractivity contribution in [3.63, 3.8) is 0 Å². The van der Waals surface area contributed by atoms with Crippen LogP contribution in [-0.4, -0.2) is 11.7 Å². The molecular formula is C13H13N3. The second-order valence-corrected chi connectivity index (χ2v) is 3.86. The van der Waals surface area contributed by atoms with Gasteiger partial charge in [-0.3, -0.25) is 10.3 Å². The quantitative estimate of drug-likeness (QED) is 0.758. The average molecular weight is 211 g/mol. The van der Waals surface area contributed by atoms with Gasteiger partial charge in [0.25, 0.3) is 0 Å². The van der Waals surface area contributed by atoms with Crippen molar-refractivity contribution in [1.29, 1.82) is 0 Å². The molecular weight excluding hydrogens is 198 g/mol. The Bertz CT molecular complexity index is 482. The Morgan fingerprint density at radius 3 is 2.88 bits per heavy atom. The van der Waals surface area contributed by atoms with Crippen molar-refractivity contribution in [3.8, 4) is 0 Å². The zero-order chi connectivity index (χ0) is 10.8. The molecule has 0 radical (unpaired) electrons. The van der Waals surface area contributed by atoms with Gasteiger partial charge in [0.15, 0.2) is 0 Å². The number of pyridine rings is 1. The van der Waals surface area contributed by atoms with Gasteiger partial charge in [-0.15, -0.1) is 0 Å². The van der Waals surface area contributed by atoms with E-state index in [0.717, 1.165) is 6.67 Å². The molecule has 1 aliphatic heterocycles. The number of rotatable bonds is 1. The van der Waals surface area contributed by atoms with Gasteiger partial charge < -0.3 is 5.32 Å². The Morgan fingerprint density at radius 2 is 2.00 bits per heavy atom. The fourth-order valence-electron chi connectivity index (χ4n) is 2.10. The largest absolute Gasteiger partial charge is 0.372 e. The van der Waals surface area contributed by atoms with Gasteiger partial charge in [-0.2, -0.15) is 0 Å². The first kappa shape index (κ1) is 9.36. The lowest BCUT2D eigenvalue weighted by Gasteiger charge is -2.27. The van der Waals surface area contributed by atoms with E-state index in [1.54, 1.807) is 0 Å². The normalized spacial score (nSPS) is 18.6. The van der Waals surface area contributed by atoms with Crippen molar-refractivity contribution >= 4 is 5.69 Å². The Balaban J connectivity index is 2.05. The summed E-state index contributed by atoms with van der Waals surface area (Å²) in [4.78, 5) is 4.19. The van der Waals surface area contributed by atoms with E-state index >= 15 is 0 Å². The van der Waals surface area contributed by atoms with Crippen LogP contribution in [0, 0.1) is 0 Å². The van der Waals surface area contributed by atoms with Crippen LogP contribution in [0.4, 0.5) is 5.69 Å². The number of fused-ring (bicyclic) bond motifs is 1. The molecule has 16 heavy (non-hydrogen) atoms. The van der Waals surface area contributed by atoms with E-state index in [-0.39, 0.29) is 6.04 Å². The number of hydrogen-bond donors (Lipinski definition) is 2. The van der Waals surface area contributed by atoms with Gasteiger partial charge in [-0.25, -0.2) is 0 Å². The molecule has 0 bridgehead atoms. The lowest BCUT2D eigenvalue weighted by Crippen LogP contribution is -2.33. The van der Waals surface area contributed by atoms with E-state index < -0.39 is 0 Å². The Morgan fingerprint density at radius 1 is 1.12 bits per heavy atom. The molecule has 1 aromatic carbocycles. The smallest absolute Gasteiger partial charge is 0.0660 e. The highest BCUT2D eigenvalue weighted by Gasteiger charge is 2.20. The minimum atomic E-state index is 0.242. The standard InChI is InChI=1S/C13H13N3/c1-2-4-10(5-3-1)13-11-8-14-7-6-12(11)15-9-16-13/h1-8,13,15-16H,9H2. The minimum absolute atomic E-state index is 0.242. The topological polar surface area (TPSA) is 37.0 Å². The molecule has 1 atom stereocenters. The highest BCUT2D eigenvalue weighted by Crippen LogP contribution is 2.29. The van der Waals surface area contributed by atoms with Gasteiger partial charge in [-0.05, 0) is 11.6 Å². The summed E-state index contributed by atoms with van der Waals surface area (Å²) in [5, 5.41) is 6.75. The molecule has 0 saturated carbocycles. The number of nitrogens with one attached hydrogen (secondary N) is 2. The van der Waals surface area contributed by atoms with Crippen LogP contribution < -0.4 is 10.6 Å². The lowest BCUT2D eigenvalue weighted by atomic mass is 9.98. The molecule has 3 rings (SSSR count). The second-order valence-electron chi connectivity index (χ2n) is 3.86. The van der Waals surface area contributed by atoms with Crippen molar-refractivity contribution in [1.82, 2.24) is 10.3 Å². The number of aromatic nitrogens is 1. The number of anilines is 1. The van der Waals surface area contributed by atoms with Gasteiger partial charge in [0, 0.05) is 23.6 Å². The van der Waals surface area contributed by atoms with Crippen LogP contribution in [0.3, 0.4) is 0 Å². The Labute approximate surface area is 94.5 Å². The molecule has 0 aliphatic carbocycles. The molecule has 0 spiro atoms. The maximum absolute atomic E-state index is 4.19. The van der Waals surface area contributed by atoms with Crippen LogP contribution in [0.5, 0.6) is 0 Å². The van der Waals surface area contributed by atoms with E-state index in [4.69, 9.17) is 0 Å². The number of nitrogens with zero attached hydrogens (tertiary/aromatic N) is 1. The first-order valence-electron chi connectivity index (χ1n) is 5.41. The molecule has 80 valence electrons. The van der Waals surface area contributed by atoms with Crippen molar-refractivity contribution in [3.05, 3.63) is 59.9 Å². The number of hydrogen-bond acceptors (Lipinski definition) is 3. The minimum Gasteiger partial charge on any atom is -0.372 e. The van der Waals surface area contributed by atoms with Crippen molar-refractivity contribution in [2.45, 2.75) is 6.04 Å². The van der Waals surface area contributed by atoms with E-state index in [1.165, 1.54) is 16.8 Å².